The van der Waals surface area contributed by atoms with Crippen molar-refractivity contribution in [2.24, 2.45) is 0 Å². The molecule has 0 aliphatic heterocycles. The topological polar surface area (TPSA) is 75.7 Å². The van der Waals surface area contributed by atoms with E-state index < -0.39 is 18.3 Å². The van der Waals surface area contributed by atoms with Crippen molar-refractivity contribution in [3.8, 4) is 22.5 Å². The highest BCUT2D eigenvalue weighted by atomic mass is 16.5. The lowest BCUT2D eigenvalue weighted by Gasteiger charge is -2.38. The number of nitrogens with zero attached hydrogens (tertiary/aromatic N) is 1. The lowest BCUT2D eigenvalue weighted by molar-refractivity contribution is -0.0982. The summed E-state index contributed by atoms with van der Waals surface area (Å²) in [6.07, 6.45) is 3.09. The summed E-state index contributed by atoms with van der Waals surface area (Å²) >= 11 is 0. The Morgan fingerprint density at radius 2 is 1.41 bits per heavy atom. The Labute approximate surface area is 159 Å². The van der Waals surface area contributed by atoms with Crippen LogP contribution < -0.4 is 5.46 Å². The minimum absolute atomic E-state index is 0.634. The number of aromatic nitrogens is 1. The van der Waals surface area contributed by atoms with Gasteiger partial charge in [-0.1, -0.05) is 48.5 Å². The molecule has 0 atom stereocenters. The van der Waals surface area contributed by atoms with Crippen LogP contribution in [0.5, 0.6) is 0 Å². The van der Waals surface area contributed by atoms with Gasteiger partial charge in [-0.15, -0.1) is 0 Å². The van der Waals surface area contributed by atoms with E-state index in [0.29, 0.717) is 5.46 Å². The van der Waals surface area contributed by atoms with Crippen molar-refractivity contribution in [1.29, 1.82) is 0 Å². The third-order valence-corrected chi connectivity index (χ3v) is 5.01. The van der Waals surface area contributed by atoms with Crippen molar-refractivity contribution in [2.75, 3.05) is 0 Å². The summed E-state index contributed by atoms with van der Waals surface area (Å²) in [6.45, 7) is 6.82. The molecule has 3 aromatic rings. The fourth-order valence-corrected chi connectivity index (χ4v) is 2.52. The van der Waals surface area contributed by atoms with Crippen molar-refractivity contribution < 1.29 is 19.2 Å². The predicted octanol–water partition coefficient (Wildman–Crippen LogP) is 3.26. The molecule has 3 rings (SSSR count). The first-order valence-electron chi connectivity index (χ1n) is 8.85. The minimum atomic E-state index is -1.12. The summed E-state index contributed by atoms with van der Waals surface area (Å²) in [4.78, 5) is 3.93. The van der Waals surface area contributed by atoms with Crippen LogP contribution >= 0.6 is 0 Å². The fraction of sp³-hybridized carbons (Fsp3) is 0.286. The van der Waals surface area contributed by atoms with Crippen molar-refractivity contribution >= 4 is 12.6 Å². The smallest absolute Gasteiger partial charge is 0.444 e. The maximum absolute atomic E-state index is 10.4. The molecule has 0 spiro atoms. The molecule has 0 fully saturated rings. The SMILES string of the molecule is CC(C)(O)C(C)(C)OB(O)c1ccc(-c2ccc(-c3cnco3)cc2)cc1. The molecule has 0 radical (unpaired) electrons. The van der Waals surface area contributed by atoms with Crippen molar-refractivity contribution in [3.63, 3.8) is 0 Å². The van der Waals surface area contributed by atoms with Crippen LogP contribution in [-0.4, -0.2) is 33.4 Å². The Morgan fingerprint density at radius 3 is 1.89 bits per heavy atom. The van der Waals surface area contributed by atoms with Crippen LogP contribution in [0.25, 0.3) is 22.5 Å². The normalized spacial score (nSPS) is 12.2. The zero-order valence-electron chi connectivity index (χ0n) is 16.0. The summed E-state index contributed by atoms with van der Waals surface area (Å²) in [7, 11) is -1.12. The Morgan fingerprint density at radius 1 is 0.889 bits per heavy atom. The van der Waals surface area contributed by atoms with E-state index in [1.807, 2.05) is 48.5 Å². The third kappa shape index (κ3) is 4.30. The number of hydrogen-bond acceptors (Lipinski definition) is 5. The summed E-state index contributed by atoms with van der Waals surface area (Å²) in [5.41, 5.74) is 1.69. The molecule has 27 heavy (non-hydrogen) atoms. The number of oxazole rings is 1. The molecule has 6 heteroatoms. The molecule has 0 aliphatic carbocycles. The van der Waals surface area contributed by atoms with Gasteiger partial charge in [-0.2, -0.15) is 0 Å². The highest BCUT2D eigenvalue weighted by Gasteiger charge is 2.39. The van der Waals surface area contributed by atoms with Gasteiger partial charge >= 0.3 is 7.12 Å². The molecule has 1 heterocycles. The zero-order valence-corrected chi connectivity index (χ0v) is 16.0. The number of benzene rings is 2. The minimum Gasteiger partial charge on any atom is -0.444 e. The first-order chi connectivity index (χ1) is 12.7. The average molecular weight is 365 g/mol. The highest BCUT2D eigenvalue weighted by Crippen LogP contribution is 2.26. The van der Waals surface area contributed by atoms with Gasteiger partial charge in [0.25, 0.3) is 0 Å². The van der Waals surface area contributed by atoms with Crippen LogP contribution in [-0.2, 0) is 4.65 Å². The summed E-state index contributed by atoms with van der Waals surface area (Å²) < 4.78 is 11.0. The van der Waals surface area contributed by atoms with Gasteiger partial charge in [-0.05, 0) is 44.3 Å². The van der Waals surface area contributed by atoms with Gasteiger partial charge in [0.05, 0.1) is 17.4 Å². The first kappa shape index (κ1) is 19.4. The van der Waals surface area contributed by atoms with E-state index in [0.717, 1.165) is 22.5 Å². The van der Waals surface area contributed by atoms with Gasteiger partial charge < -0.3 is 19.2 Å². The van der Waals surface area contributed by atoms with E-state index in [9.17, 15) is 10.1 Å². The second-order valence-electron chi connectivity index (χ2n) is 7.60. The average Bonchev–Trinajstić information content (AvgIpc) is 3.15. The van der Waals surface area contributed by atoms with Crippen molar-refractivity contribution in [1.82, 2.24) is 4.98 Å². The van der Waals surface area contributed by atoms with Crippen LogP contribution in [0.1, 0.15) is 27.7 Å². The predicted molar refractivity (Wildman–Crippen MR) is 106 cm³/mol. The Bertz CT molecular complexity index is 866. The molecule has 0 saturated heterocycles. The molecule has 5 nitrogen and oxygen atoms in total. The number of aliphatic hydroxyl groups is 1. The maximum Gasteiger partial charge on any atom is 0.491 e. The Hall–Kier alpha value is -2.41. The lowest BCUT2D eigenvalue weighted by atomic mass is 9.76. The van der Waals surface area contributed by atoms with Gasteiger partial charge in [-0.3, -0.25) is 0 Å². The van der Waals surface area contributed by atoms with Crippen LogP contribution in [0, 0.1) is 0 Å². The molecule has 0 unspecified atom stereocenters. The van der Waals surface area contributed by atoms with Gasteiger partial charge in [0.15, 0.2) is 12.2 Å². The lowest BCUT2D eigenvalue weighted by Crippen LogP contribution is -2.53. The number of rotatable bonds is 6. The highest BCUT2D eigenvalue weighted by molar-refractivity contribution is 6.60. The largest absolute Gasteiger partial charge is 0.491 e. The van der Waals surface area contributed by atoms with E-state index >= 15 is 0 Å². The van der Waals surface area contributed by atoms with Gasteiger partial charge in [0, 0.05) is 5.56 Å². The van der Waals surface area contributed by atoms with Crippen LogP contribution in [0.15, 0.2) is 65.5 Å². The van der Waals surface area contributed by atoms with Crippen LogP contribution in [0.2, 0.25) is 0 Å². The summed E-state index contributed by atoms with van der Waals surface area (Å²) in [6, 6.07) is 15.5. The van der Waals surface area contributed by atoms with Crippen LogP contribution in [0.4, 0.5) is 0 Å². The quantitative estimate of drug-likeness (QED) is 0.656. The second-order valence-corrected chi connectivity index (χ2v) is 7.60. The molecule has 1 aromatic heterocycles. The summed E-state index contributed by atoms with van der Waals surface area (Å²) in [5, 5.41) is 20.6. The Kier molecular flexibility index (Phi) is 5.24. The van der Waals surface area contributed by atoms with E-state index in [-0.39, 0.29) is 0 Å². The van der Waals surface area contributed by atoms with E-state index in [2.05, 4.69) is 4.98 Å². The molecular weight excluding hydrogens is 341 g/mol. The molecule has 2 aromatic carbocycles. The molecule has 2 N–H and O–H groups in total. The molecule has 0 amide bonds. The number of hydrogen-bond donors (Lipinski definition) is 2. The van der Waals surface area contributed by atoms with Crippen LogP contribution in [0.3, 0.4) is 0 Å². The molecular formula is C21H24BNO4. The standard InChI is InChI=1S/C21H24BNO4/c1-20(2,24)21(3,4)27-22(25)18-11-9-16(10-12-18)15-5-7-17(8-6-15)19-13-23-14-26-19/h5-14,24-25H,1-4H3. The van der Waals surface area contributed by atoms with Crippen molar-refractivity contribution in [3.05, 3.63) is 61.1 Å². The third-order valence-electron chi connectivity index (χ3n) is 5.01. The zero-order chi connectivity index (χ0) is 19.7. The van der Waals surface area contributed by atoms with Crippen molar-refractivity contribution in [2.45, 2.75) is 38.9 Å². The van der Waals surface area contributed by atoms with E-state index in [4.69, 9.17) is 9.07 Å². The van der Waals surface area contributed by atoms with Gasteiger partial charge in [0.1, 0.15) is 0 Å². The van der Waals surface area contributed by atoms with Gasteiger partial charge in [-0.25, -0.2) is 4.98 Å². The first-order valence-corrected chi connectivity index (χ1v) is 8.85. The monoisotopic (exact) mass is 365 g/mol. The second kappa shape index (κ2) is 7.31. The summed E-state index contributed by atoms with van der Waals surface area (Å²) in [5.74, 6) is 0.728. The fourth-order valence-electron chi connectivity index (χ4n) is 2.52. The Balaban J connectivity index is 1.73. The van der Waals surface area contributed by atoms with E-state index in [1.165, 1.54) is 6.39 Å². The molecule has 0 bridgehead atoms. The molecule has 0 aliphatic rings. The van der Waals surface area contributed by atoms with E-state index in [1.54, 1.807) is 33.9 Å². The maximum atomic E-state index is 10.4. The molecule has 0 saturated carbocycles. The van der Waals surface area contributed by atoms with Gasteiger partial charge in [0.2, 0.25) is 0 Å². The molecule has 140 valence electrons.